The molecule has 108 valence electrons. The fraction of sp³-hybridized carbons (Fsp3) is 0.0667. The predicted octanol–water partition coefficient (Wildman–Crippen LogP) is 2.73. The molecule has 4 nitrogen and oxygen atoms in total. The number of carbonyl (C=O) groups excluding carboxylic acids is 1. The Kier molecular flexibility index (Phi) is 4.18. The van der Waals surface area contributed by atoms with Crippen LogP contribution in [0.1, 0.15) is 21.5 Å². The van der Waals surface area contributed by atoms with Gasteiger partial charge in [0.15, 0.2) is 0 Å². The van der Waals surface area contributed by atoms with Crippen LogP contribution in [0.4, 0.5) is 10.1 Å². The number of rotatable bonds is 3. The van der Waals surface area contributed by atoms with E-state index in [-0.39, 0.29) is 22.0 Å². The number of benzene rings is 2. The molecule has 0 aliphatic carbocycles. The van der Waals surface area contributed by atoms with Crippen LogP contribution >= 0.6 is 12.2 Å². The fourth-order valence-corrected chi connectivity index (χ4v) is 1.96. The molecule has 0 aliphatic rings. The van der Waals surface area contributed by atoms with Crippen molar-refractivity contribution >= 4 is 28.8 Å². The maximum Gasteiger partial charge on any atom is 0.256 e. The molecule has 6 heteroatoms. The van der Waals surface area contributed by atoms with E-state index in [0.717, 1.165) is 6.07 Å². The van der Waals surface area contributed by atoms with Crippen molar-refractivity contribution < 1.29 is 14.3 Å². The SMILES string of the molecule is Cc1c(O)cccc1C(=O)Nc1ccc(C(N)=S)cc1F. The summed E-state index contributed by atoms with van der Waals surface area (Å²) in [4.78, 5) is 12.2. The van der Waals surface area contributed by atoms with Crippen molar-refractivity contribution in [1.29, 1.82) is 0 Å². The van der Waals surface area contributed by atoms with E-state index in [0.29, 0.717) is 11.1 Å². The molecule has 0 saturated carbocycles. The first-order chi connectivity index (χ1) is 9.90. The van der Waals surface area contributed by atoms with Crippen LogP contribution in [0, 0.1) is 12.7 Å². The van der Waals surface area contributed by atoms with Crippen LogP contribution in [0.2, 0.25) is 0 Å². The highest BCUT2D eigenvalue weighted by atomic mass is 32.1. The molecule has 0 unspecified atom stereocenters. The first kappa shape index (κ1) is 14.9. The Hall–Kier alpha value is -2.47. The molecular formula is C15H13FN2O2S. The molecule has 0 bridgehead atoms. The second-order valence-corrected chi connectivity index (χ2v) is 4.90. The van der Waals surface area contributed by atoms with Gasteiger partial charge < -0.3 is 16.2 Å². The number of amides is 1. The molecule has 2 aromatic rings. The van der Waals surface area contributed by atoms with Crippen LogP contribution < -0.4 is 11.1 Å². The molecule has 0 aromatic heterocycles. The van der Waals surface area contributed by atoms with Gasteiger partial charge in [0.1, 0.15) is 16.6 Å². The normalized spacial score (nSPS) is 10.2. The lowest BCUT2D eigenvalue weighted by molar-refractivity contribution is 0.102. The van der Waals surface area contributed by atoms with Crippen molar-refractivity contribution in [2.45, 2.75) is 6.92 Å². The number of phenolic OH excluding ortho intramolecular Hbond substituents is 1. The third kappa shape index (κ3) is 3.17. The van der Waals surface area contributed by atoms with Crippen LogP contribution in [0.5, 0.6) is 5.75 Å². The minimum atomic E-state index is -0.633. The van der Waals surface area contributed by atoms with E-state index in [4.69, 9.17) is 18.0 Å². The standard InChI is InChI=1S/C15H13FN2O2S/c1-8-10(3-2-4-13(8)19)15(20)18-12-6-5-9(14(17)21)7-11(12)16/h2-7,19H,1H3,(H2,17,21)(H,18,20). The molecule has 21 heavy (non-hydrogen) atoms. The zero-order valence-electron chi connectivity index (χ0n) is 11.2. The largest absolute Gasteiger partial charge is 0.508 e. The highest BCUT2D eigenvalue weighted by Crippen LogP contribution is 2.22. The summed E-state index contributed by atoms with van der Waals surface area (Å²) in [5.74, 6) is -1.14. The van der Waals surface area contributed by atoms with Crippen molar-refractivity contribution in [3.8, 4) is 5.75 Å². The van der Waals surface area contributed by atoms with Crippen LogP contribution in [0.3, 0.4) is 0 Å². The number of anilines is 1. The minimum Gasteiger partial charge on any atom is -0.508 e. The summed E-state index contributed by atoms with van der Waals surface area (Å²) in [6.45, 7) is 1.61. The van der Waals surface area contributed by atoms with Gasteiger partial charge in [-0.2, -0.15) is 0 Å². The second-order valence-electron chi connectivity index (χ2n) is 4.46. The summed E-state index contributed by atoms with van der Waals surface area (Å²) in [5, 5.41) is 12.0. The second kappa shape index (κ2) is 5.88. The molecule has 4 N–H and O–H groups in total. The van der Waals surface area contributed by atoms with E-state index < -0.39 is 11.7 Å². The van der Waals surface area contributed by atoms with Gasteiger partial charge in [-0.25, -0.2) is 4.39 Å². The van der Waals surface area contributed by atoms with Crippen molar-refractivity contribution in [3.05, 3.63) is 58.9 Å². The first-order valence-corrected chi connectivity index (χ1v) is 6.50. The zero-order chi connectivity index (χ0) is 15.6. The summed E-state index contributed by atoms with van der Waals surface area (Å²) >= 11 is 4.76. The van der Waals surface area contributed by atoms with Crippen molar-refractivity contribution in [1.82, 2.24) is 0 Å². The van der Waals surface area contributed by atoms with Gasteiger partial charge in [0.25, 0.3) is 5.91 Å². The lowest BCUT2D eigenvalue weighted by atomic mass is 10.1. The molecule has 2 aromatic carbocycles. The van der Waals surface area contributed by atoms with Crippen LogP contribution in [0.25, 0.3) is 0 Å². The van der Waals surface area contributed by atoms with Crippen molar-refractivity contribution in [2.75, 3.05) is 5.32 Å². The summed E-state index contributed by atoms with van der Waals surface area (Å²) < 4.78 is 13.9. The monoisotopic (exact) mass is 304 g/mol. The third-order valence-corrected chi connectivity index (χ3v) is 3.29. The average molecular weight is 304 g/mol. The lowest BCUT2D eigenvalue weighted by Gasteiger charge is -2.10. The van der Waals surface area contributed by atoms with Crippen molar-refractivity contribution in [3.63, 3.8) is 0 Å². The number of hydrogen-bond acceptors (Lipinski definition) is 3. The number of phenols is 1. The third-order valence-electron chi connectivity index (χ3n) is 3.05. The lowest BCUT2D eigenvalue weighted by Crippen LogP contribution is -2.15. The molecule has 0 radical (unpaired) electrons. The van der Waals surface area contributed by atoms with E-state index in [1.165, 1.54) is 18.2 Å². The van der Waals surface area contributed by atoms with Gasteiger partial charge in [0, 0.05) is 16.7 Å². The fourth-order valence-electron chi connectivity index (χ4n) is 1.83. The van der Waals surface area contributed by atoms with Crippen molar-refractivity contribution in [2.24, 2.45) is 5.73 Å². The Balaban J connectivity index is 2.28. The Morgan fingerprint density at radius 2 is 2.05 bits per heavy atom. The Labute approximate surface area is 126 Å². The highest BCUT2D eigenvalue weighted by Gasteiger charge is 2.14. The van der Waals surface area contributed by atoms with E-state index in [1.54, 1.807) is 19.1 Å². The van der Waals surface area contributed by atoms with Crippen LogP contribution in [0.15, 0.2) is 36.4 Å². The maximum absolute atomic E-state index is 13.9. The van der Waals surface area contributed by atoms with Gasteiger partial charge in [-0.1, -0.05) is 18.3 Å². The van der Waals surface area contributed by atoms with Gasteiger partial charge in [-0.15, -0.1) is 0 Å². The molecule has 0 spiro atoms. The van der Waals surface area contributed by atoms with Gasteiger partial charge in [-0.05, 0) is 37.3 Å². The quantitative estimate of drug-likeness (QED) is 0.762. The molecule has 0 saturated heterocycles. The Morgan fingerprint density at radius 3 is 2.67 bits per heavy atom. The predicted molar refractivity (Wildman–Crippen MR) is 83.1 cm³/mol. The molecule has 0 atom stereocenters. The van der Waals surface area contributed by atoms with E-state index >= 15 is 0 Å². The molecule has 2 rings (SSSR count). The molecule has 1 amide bonds. The first-order valence-electron chi connectivity index (χ1n) is 6.09. The number of hydrogen-bond donors (Lipinski definition) is 3. The minimum absolute atomic E-state index is 0.00644. The zero-order valence-corrected chi connectivity index (χ0v) is 12.0. The highest BCUT2D eigenvalue weighted by molar-refractivity contribution is 7.80. The number of nitrogens with two attached hydrogens (primary N) is 1. The summed E-state index contributed by atoms with van der Waals surface area (Å²) in [5.41, 5.74) is 6.51. The van der Waals surface area contributed by atoms with Crippen LogP contribution in [-0.2, 0) is 0 Å². The number of carbonyl (C=O) groups is 1. The summed E-state index contributed by atoms with van der Waals surface area (Å²) in [6, 6.07) is 8.64. The molecule has 0 heterocycles. The van der Waals surface area contributed by atoms with Gasteiger partial charge in [-0.3, -0.25) is 4.79 Å². The smallest absolute Gasteiger partial charge is 0.256 e. The molecule has 0 fully saturated rings. The van der Waals surface area contributed by atoms with E-state index in [1.807, 2.05) is 0 Å². The summed E-state index contributed by atoms with van der Waals surface area (Å²) in [6.07, 6.45) is 0. The van der Waals surface area contributed by atoms with Gasteiger partial charge >= 0.3 is 0 Å². The number of nitrogens with one attached hydrogen (secondary N) is 1. The number of halogens is 1. The summed E-state index contributed by atoms with van der Waals surface area (Å²) in [7, 11) is 0. The maximum atomic E-state index is 13.9. The van der Waals surface area contributed by atoms with E-state index in [9.17, 15) is 14.3 Å². The number of thiocarbonyl (C=S) groups is 1. The van der Waals surface area contributed by atoms with Gasteiger partial charge in [0.2, 0.25) is 0 Å². The Morgan fingerprint density at radius 1 is 1.33 bits per heavy atom. The Bertz CT molecular complexity index is 732. The topological polar surface area (TPSA) is 75.3 Å². The number of aromatic hydroxyl groups is 1. The average Bonchev–Trinajstić information content (AvgIpc) is 2.43. The molecule has 0 aliphatic heterocycles. The van der Waals surface area contributed by atoms with Crippen LogP contribution in [-0.4, -0.2) is 16.0 Å². The van der Waals surface area contributed by atoms with Gasteiger partial charge in [0.05, 0.1) is 5.69 Å². The van der Waals surface area contributed by atoms with E-state index in [2.05, 4.69) is 5.32 Å². The molecular weight excluding hydrogens is 291 g/mol.